The molecule has 17 heavy (non-hydrogen) atoms. The highest BCUT2D eigenvalue weighted by atomic mass is 16.3. The number of pyridine rings is 1. The van der Waals surface area contributed by atoms with E-state index >= 15 is 0 Å². The Bertz CT molecular complexity index is 522. The molecule has 1 atom stereocenters. The van der Waals surface area contributed by atoms with Gasteiger partial charge in [-0.2, -0.15) is 0 Å². The number of hydrogen-bond donors (Lipinski definition) is 3. The smallest absolute Gasteiger partial charge is 0.249 e. The zero-order chi connectivity index (χ0) is 12.1. The molecule has 2 aromatic rings. The van der Waals surface area contributed by atoms with E-state index in [9.17, 15) is 9.90 Å². The van der Waals surface area contributed by atoms with Crippen molar-refractivity contribution in [2.24, 2.45) is 0 Å². The Morgan fingerprint density at radius 1 is 1.24 bits per heavy atom. The second kappa shape index (κ2) is 5.32. The summed E-state index contributed by atoms with van der Waals surface area (Å²) in [5, 5.41) is 12.9. The van der Waals surface area contributed by atoms with Crippen molar-refractivity contribution < 1.29 is 5.11 Å². The molecule has 0 amide bonds. The fourth-order valence-corrected chi connectivity index (χ4v) is 1.56. The van der Waals surface area contributed by atoms with Crippen molar-refractivity contribution in [2.75, 3.05) is 11.9 Å². The van der Waals surface area contributed by atoms with Crippen molar-refractivity contribution in [3.63, 3.8) is 0 Å². The summed E-state index contributed by atoms with van der Waals surface area (Å²) in [7, 11) is 0. The van der Waals surface area contributed by atoms with Crippen LogP contribution < -0.4 is 10.9 Å². The lowest BCUT2D eigenvalue weighted by Gasteiger charge is -2.12. The maximum atomic E-state index is 11.0. The van der Waals surface area contributed by atoms with E-state index in [4.69, 9.17) is 0 Å². The van der Waals surface area contributed by atoms with E-state index in [1.54, 1.807) is 12.3 Å². The number of aromatic nitrogens is 1. The molecule has 0 spiro atoms. The molecule has 0 aliphatic heterocycles. The molecular formula is C13H14N2O2. The highest BCUT2D eigenvalue weighted by molar-refractivity contribution is 5.41. The van der Waals surface area contributed by atoms with Gasteiger partial charge in [0.2, 0.25) is 5.56 Å². The number of anilines is 1. The Kier molecular flexibility index (Phi) is 3.57. The zero-order valence-corrected chi connectivity index (χ0v) is 9.26. The van der Waals surface area contributed by atoms with Gasteiger partial charge in [0.05, 0.1) is 6.10 Å². The lowest BCUT2D eigenvalue weighted by atomic mass is 10.1. The van der Waals surface area contributed by atoms with Crippen molar-refractivity contribution in [3.05, 3.63) is 64.6 Å². The highest BCUT2D eigenvalue weighted by Crippen LogP contribution is 2.12. The lowest BCUT2D eigenvalue weighted by molar-refractivity contribution is 0.191. The van der Waals surface area contributed by atoms with Crippen LogP contribution in [0.2, 0.25) is 0 Å². The third-order valence-electron chi connectivity index (χ3n) is 2.46. The first-order chi connectivity index (χ1) is 8.25. The summed E-state index contributed by atoms with van der Waals surface area (Å²) in [6, 6.07) is 12.6. The van der Waals surface area contributed by atoms with E-state index in [-0.39, 0.29) is 5.56 Å². The van der Waals surface area contributed by atoms with Crippen LogP contribution in [0.1, 0.15) is 11.7 Å². The Balaban J connectivity index is 1.97. The van der Waals surface area contributed by atoms with Gasteiger partial charge in [-0.05, 0) is 11.6 Å². The zero-order valence-electron chi connectivity index (χ0n) is 9.26. The largest absolute Gasteiger partial charge is 0.387 e. The van der Waals surface area contributed by atoms with Crippen LogP contribution in [0.25, 0.3) is 0 Å². The second-order valence-electron chi connectivity index (χ2n) is 3.75. The summed E-state index contributed by atoms with van der Waals surface area (Å²) in [4.78, 5) is 13.6. The molecule has 1 aromatic heterocycles. The number of benzene rings is 1. The Morgan fingerprint density at radius 2 is 2.00 bits per heavy atom. The van der Waals surface area contributed by atoms with Gasteiger partial charge in [0, 0.05) is 24.5 Å². The Morgan fingerprint density at radius 3 is 2.71 bits per heavy atom. The molecule has 0 aliphatic carbocycles. The molecule has 0 aliphatic rings. The van der Waals surface area contributed by atoms with Gasteiger partial charge in [-0.15, -0.1) is 0 Å². The minimum absolute atomic E-state index is 0.163. The summed E-state index contributed by atoms with van der Waals surface area (Å²) < 4.78 is 0. The lowest BCUT2D eigenvalue weighted by Crippen LogP contribution is -2.13. The van der Waals surface area contributed by atoms with Crippen LogP contribution >= 0.6 is 0 Å². The third-order valence-corrected chi connectivity index (χ3v) is 2.46. The van der Waals surface area contributed by atoms with E-state index in [0.29, 0.717) is 12.2 Å². The molecule has 0 unspecified atom stereocenters. The van der Waals surface area contributed by atoms with Gasteiger partial charge in [-0.1, -0.05) is 30.3 Å². The number of rotatable bonds is 4. The topological polar surface area (TPSA) is 65.1 Å². The van der Waals surface area contributed by atoms with E-state index in [1.165, 1.54) is 6.07 Å². The van der Waals surface area contributed by atoms with Crippen molar-refractivity contribution in [1.29, 1.82) is 0 Å². The van der Waals surface area contributed by atoms with Crippen LogP contribution in [0, 0.1) is 0 Å². The molecule has 3 N–H and O–H groups in total. The van der Waals surface area contributed by atoms with Gasteiger partial charge in [0.15, 0.2) is 0 Å². The van der Waals surface area contributed by atoms with Crippen molar-refractivity contribution in [2.45, 2.75) is 6.10 Å². The molecule has 4 nitrogen and oxygen atoms in total. The average Bonchev–Trinajstić information content (AvgIpc) is 2.37. The molecule has 0 saturated carbocycles. The van der Waals surface area contributed by atoms with Gasteiger partial charge in [-0.25, -0.2) is 0 Å². The molecule has 2 rings (SSSR count). The van der Waals surface area contributed by atoms with Gasteiger partial charge in [0.1, 0.15) is 0 Å². The molecule has 88 valence electrons. The van der Waals surface area contributed by atoms with Crippen LogP contribution in [0.15, 0.2) is 53.5 Å². The normalized spacial score (nSPS) is 12.1. The van der Waals surface area contributed by atoms with E-state index in [1.807, 2.05) is 30.3 Å². The van der Waals surface area contributed by atoms with Crippen LogP contribution in [0.5, 0.6) is 0 Å². The van der Waals surface area contributed by atoms with Gasteiger partial charge in [0.25, 0.3) is 0 Å². The number of aliphatic hydroxyl groups is 1. The summed E-state index contributed by atoms with van der Waals surface area (Å²) in [5.41, 5.74) is 1.39. The predicted octanol–water partition coefficient (Wildman–Crippen LogP) is 1.52. The molecular weight excluding hydrogens is 216 g/mol. The fraction of sp³-hybridized carbons (Fsp3) is 0.154. The first-order valence-electron chi connectivity index (χ1n) is 5.41. The van der Waals surface area contributed by atoms with Gasteiger partial charge >= 0.3 is 0 Å². The third kappa shape index (κ3) is 3.19. The Labute approximate surface area is 98.9 Å². The molecule has 1 aromatic carbocycles. The molecule has 1 heterocycles. The SMILES string of the molecule is O=c1cc(NC[C@@H](O)c2ccccc2)cc[nH]1. The summed E-state index contributed by atoms with van der Waals surface area (Å²) in [6.07, 6.45) is 0.982. The number of hydrogen-bond acceptors (Lipinski definition) is 3. The standard InChI is InChI=1S/C13H14N2O2/c16-12(10-4-2-1-3-5-10)9-15-11-6-7-14-13(17)8-11/h1-8,12,16H,9H2,(H2,14,15,17)/t12-/m1/s1. The predicted molar refractivity (Wildman–Crippen MR) is 67.0 cm³/mol. The summed E-state index contributed by atoms with van der Waals surface area (Å²) in [6.45, 7) is 0.369. The van der Waals surface area contributed by atoms with E-state index in [2.05, 4.69) is 10.3 Å². The fourth-order valence-electron chi connectivity index (χ4n) is 1.56. The molecule has 0 saturated heterocycles. The summed E-state index contributed by atoms with van der Waals surface area (Å²) in [5.74, 6) is 0. The monoisotopic (exact) mass is 230 g/mol. The highest BCUT2D eigenvalue weighted by Gasteiger charge is 2.05. The van der Waals surface area contributed by atoms with E-state index in [0.717, 1.165) is 5.56 Å². The number of aromatic amines is 1. The minimum Gasteiger partial charge on any atom is -0.387 e. The quantitative estimate of drug-likeness (QED) is 0.746. The van der Waals surface area contributed by atoms with Gasteiger partial charge in [-0.3, -0.25) is 4.79 Å². The molecule has 4 heteroatoms. The van der Waals surface area contributed by atoms with Crippen molar-refractivity contribution >= 4 is 5.69 Å². The second-order valence-corrected chi connectivity index (χ2v) is 3.75. The van der Waals surface area contributed by atoms with Crippen LogP contribution in [-0.2, 0) is 0 Å². The van der Waals surface area contributed by atoms with Gasteiger partial charge < -0.3 is 15.4 Å². The van der Waals surface area contributed by atoms with Crippen molar-refractivity contribution in [3.8, 4) is 0 Å². The van der Waals surface area contributed by atoms with Crippen LogP contribution in [0.4, 0.5) is 5.69 Å². The average molecular weight is 230 g/mol. The van der Waals surface area contributed by atoms with E-state index < -0.39 is 6.10 Å². The number of H-pyrrole nitrogens is 1. The number of nitrogens with one attached hydrogen (secondary N) is 2. The maximum Gasteiger partial charge on any atom is 0.249 e. The van der Waals surface area contributed by atoms with Crippen LogP contribution in [0.3, 0.4) is 0 Å². The first kappa shape index (κ1) is 11.4. The minimum atomic E-state index is -0.588. The Hall–Kier alpha value is -2.07. The summed E-state index contributed by atoms with van der Waals surface area (Å²) >= 11 is 0. The number of aliphatic hydroxyl groups excluding tert-OH is 1. The van der Waals surface area contributed by atoms with Crippen LogP contribution in [-0.4, -0.2) is 16.6 Å². The molecule has 0 bridgehead atoms. The van der Waals surface area contributed by atoms with Crippen molar-refractivity contribution in [1.82, 2.24) is 4.98 Å². The first-order valence-corrected chi connectivity index (χ1v) is 5.41. The maximum absolute atomic E-state index is 11.0. The molecule has 0 radical (unpaired) electrons. The molecule has 0 fully saturated rings.